The normalized spacial score (nSPS) is 14.6. The third kappa shape index (κ3) is 7.84. The minimum Gasteiger partial charge on any atom is -0.317 e. The van der Waals surface area contributed by atoms with Crippen LogP contribution in [-0.2, 0) is 4.79 Å². The van der Waals surface area contributed by atoms with Crippen molar-refractivity contribution in [1.29, 1.82) is 0 Å². The number of nitrogens with one attached hydrogen (secondary N) is 1. The number of benzene rings is 1. The van der Waals surface area contributed by atoms with Gasteiger partial charge in [-0.05, 0) is 64.5 Å². The van der Waals surface area contributed by atoms with Crippen LogP contribution in [0.25, 0.3) is 0 Å². The number of amides is 1. The number of carbonyl (C=O) groups is 1. The van der Waals surface area contributed by atoms with Crippen LogP contribution >= 0.6 is 24.8 Å². The van der Waals surface area contributed by atoms with E-state index in [1.807, 2.05) is 49.3 Å². The van der Waals surface area contributed by atoms with Gasteiger partial charge in [-0.3, -0.25) is 4.79 Å². The summed E-state index contributed by atoms with van der Waals surface area (Å²) in [7, 11) is 4.09. The molecule has 0 saturated carbocycles. The molecule has 2 rings (SSSR count). The maximum atomic E-state index is 12.7. The predicted molar refractivity (Wildman–Crippen MR) is 107 cm³/mol. The molecule has 1 fully saturated rings. The molecule has 1 aromatic rings. The van der Waals surface area contributed by atoms with Crippen LogP contribution < -0.4 is 10.2 Å². The summed E-state index contributed by atoms with van der Waals surface area (Å²) in [6, 6.07) is 10.0. The van der Waals surface area contributed by atoms with Gasteiger partial charge in [-0.15, -0.1) is 24.8 Å². The van der Waals surface area contributed by atoms with Crippen LogP contribution in [0.5, 0.6) is 0 Å². The number of hydrogen-bond acceptors (Lipinski definition) is 3. The Balaban J connectivity index is 0.00000264. The molecular formula is C18H31Cl2N3O. The van der Waals surface area contributed by atoms with Crippen LogP contribution in [0, 0.1) is 5.92 Å². The van der Waals surface area contributed by atoms with Gasteiger partial charge in [0.2, 0.25) is 5.91 Å². The maximum Gasteiger partial charge on any atom is 0.227 e. The van der Waals surface area contributed by atoms with Crippen molar-refractivity contribution in [2.75, 3.05) is 45.2 Å². The second-order valence-corrected chi connectivity index (χ2v) is 6.42. The van der Waals surface area contributed by atoms with Crippen molar-refractivity contribution in [1.82, 2.24) is 10.2 Å². The van der Waals surface area contributed by atoms with Gasteiger partial charge in [0.1, 0.15) is 0 Å². The zero-order chi connectivity index (χ0) is 15.8. The van der Waals surface area contributed by atoms with Crippen LogP contribution in [0.3, 0.4) is 0 Å². The van der Waals surface area contributed by atoms with E-state index in [2.05, 4.69) is 10.2 Å². The molecule has 1 heterocycles. The minimum atomic E-state index is 0. The lowest BCUT2D eigenvalue weighted by Gasteiger charge is -2.27. The molecule has 1 aliphatic rings. The molecule has 4 nitrogen and oxygen atoms in total. The molecule has 6 heteroatoms. The summed E-state index contributed by atoms with van der Waals surface area (Å²) in [4.78, 5) is 16.8. The zero-order valence-electron chi connectivity index (χ0n) is 14.7. The van der Waals surface area contributed by atoms with Gasteiger partial charge >= 0.3 is 0 Å². The van der Waals surface area contributed by atoms with E-state index in [1.54, 1.807) is 0 Å². The van der Waals surface area contributed by atoms with Crippen molar-refractivity contribution in [2.24, 2.45) is 5.92 Å². The molecule has 0 spiro atoms. The number of halogens is 2. The summed E-state index contributed by atoms with van der Waals surface area (Å²) >= 11 is 0. The fraction of sp³-hybridized carbons (Fsp3) is 0.611. The predicted octanol–water partition coefficient (Wildman–Crippen LogP) is 3.20. The average molecular weight is 376 g/mol. The Hall–Kier alpha value is -0.810. The molecule has 1 aromatic carbocycles. The Morgan fingerprint density at radius 2 is 1.71 bits per heavy atom. The molecule has 0 aromatic heterocycles. The highest BCUT2D eigenvalue weighted by Crippen LogP contribution is 2.20. The lowest BCUT2D eigenvalue weighted by molar-refractivity contribution is -0.119. The number of rotatable bonds is 7. The molecule has 0 bridgehead atoms. The van der Waals surface area contributed by atoms with Crippen LogP contribution in [0.4, 0.5) is 5.69 Å². The van der Waals surface area contributed by atoms with Gasteiger partial charge in [-0.1, -0.05) is 18.2 Å². The fourth-order valence-electron chi connectivity index (χ4n) is 2.94. The van der Waals surface area contributed by atoms with Crippen LogP contribution in [0.1, 0.15) is 25.7 Å². The van der Waals surface area contributed by atoms with Gasteiger partial charge in [0.15, 0.2) is 0 Å². The number of para-hydroxylation sites is 1. The summed E-state index contributed by atoms with van der Waals surface area (Å²) in [6.45, 7) is 3.83. The Labute approximate surface area is 158 Å². The lowest BCUT2D eigenvalue weighted by atomic mass is 9.93. The van der Waals surface area contributed by atoms with Gasteiger partial charge in [-0.25, -0.2) is 0 Å². The largest absolute Gasteiger partial charge is 0.317 e. The smallest absolute Gasteiger partial charge is 0.227 e. The molecule has 0 atom stereocenters. The summed E-state index contributed by atoms with van der Waals surface area (Å²) < 4.78 is 0. The van der Waals surface area contributed by atoms with Crippen molar-refractivity contribution in [3.05, 3.63) is 30.3 Å². The van der Waals surface area contributed by atoms with E-state index in [9.17, 15) is 4.79 Å². The number of nitrogens with zero attached hydrogens (tertiary/aromatic N) is 2. The molecule has 0 radical (unpaired) electrons. The van der Waals surface area contributed by atoms with E-state index in [0.29, 0.717) is 12.3 Å². The first-order chi connectivity index (χ1) is 10.7. The quantitative estimate of drug-likeness (QED) is 0.794. The second-order valence-electron chi connectivity index (χ2n) is 6.42. The van der Waals surface area contributed by atoms with Gasteiger partial charge in [0.25, 0.3) is 0 Å². The second kappa shape index (κ2) is 12.5. The number of likely N-dealkylation sites (N-methyl/N-ethyl adjacent to an activating group) is 1. The topological polar surface area (TPSA) is 35.6 Å². The van der Waals surface area contributed by atoms with E-state index in [4.69, 9.17) is 0 Å². The lowest BCUT2D eigenvalue weighted by Crippen LogP contribution is -2.37. The highest BCUT2D eigenvalue weighted by molar-refractivity contribution is 5.93. The molecule has 1 N–H and O–H groups in total. The van der Waals surface area contributed by atoms with E-state index < -0.39 is 0 Å². The van der Waals surface area contributed by atoms with Crippen molar-refractivity contribution in [3.8, 4) is 0 Å². The maximum absolute atomic E-state index is 12.7. The monoisotopic (exact) mass is 375 g/mol. The Bertz CT molecular complexity index is 451. The molecule has 1 aliphatic heterocycles. The Morgan fingerprint density at radius 1 is 1.08 bits per heavy atom. The van der Waals surface area contributed by atoms with E-state index >= 15 is 0 Å². The van der Waals surface area contributed by atoms with Gasteiger partial charge < -0.3 is 15.1 Å². The minimum absolute atomic E-state index is 0. The first-order valence-electron chi connectivity index (χ1n) is 8.37. The molecular weight excluding hydrogens is 345 g/mol. The highest BCUT2D eigenvalue weighted by Gasteiger charge is 2.19. The first-order valence-corrected chi connectivity index (χ1v) is 8.37. The van der Waals surface area contributed by atoms with Crippen molar-refractivity contribution in [2.45, 2.75) is 25.7 Å². The molecule has 138 valence electrons. The summed E-state index contributed by atoms with van der Waals surface area (Å²) in [5, 5.41) is 3.38. The van der Waals surface area contributed by atoms with E-state index in [0.717, 1.165) is 38.3 Å². The molecule has 24 heavy (non-hydrogen) atoms. The zero-order valence-corrected chi connectivity index (χ0v) is 16.4. The van der Waals surface area contributed by atoms with Crippen LogP contribution in [0.15, 0.2) is 30.3 Å². The van der Waals surface area contributed by atoms with E-state index in [1.165, 1.54) is 12.8 Å². The fourth-order valence-corrected chi connectivity index (χ4v) is 2.94. The first kappa shape index (κ1) is 23.2. The molecule has 0 unspecified atom stereocenters. The Morgan fingerprint density at radius 3 is 2.29 bits per heavy atom. The van der Waals surface area contributed by atoms with Crippen molar-refractivity contribution >= 4 is 36.4 Å². The number of piperidine rings is 1. The third-order valence-corrected chi connectivity index (χ3v) is 4.36. The van der Waals surface area contributed by atoms with Gasteiger partial charge in [0, 0.05) is 25.2 Å². The summed E-state index contributed by atoms with van der Waals surface area (Å²) in [5.74, 6) is 0.961. The number of carbonyl (C=O) groups excluding carboxylic acids is 1. The van der Waals surface area contributed by atoms with Gasteiger partial charge in [-0.2, -0.15) is 0 Å². The summed E-state index contributed by atoms with van der Waals surface area (Å²) in [6.07, 6.45) is 4.09. The van der Waals surface area contributed by atoms with Gasteiger partial charge in [0.05, 0.1) is 0 Å². The van der Waals surface area contributed by atoms with Crippen LogP contribution in [-0.4, -0.2) is 51.1 Å². The summed E-state index contributed by atoms with van der Waals surface area (Å²) in [5.41, 5.74) is 1.01. The standard InChI is InChI=1S/C18H29N3O.2ClH/c1-20(2)14-15-21(17-6-4-3-5-7-17)18(22)9-8-16-10-12-19-13-11-16;;/h3-7,16,19H,8-15H2,1-2H3;2*1H. The number of hydrogen-bond donors (Lipinski definition) is 1. The van der Waals surface area contributed by atoms with Crippen LogP contribution in [0.2, 0.25) is 0 Å². The molecule has 0 aliphatic carbocycles. The third-order valence-electron chi connectivity index (χ3n) is 4.36. The number of anilines is 1. The van der Waals surface area contributed by atoms with Crippen molar-refractivity contribution in [3.63, 3.8) is 0 Å². The highest BCUT2D eigenvalue weighted by atomic mass is 35.5. The SMILES string of the molecule is CN(C)CCN(C(=O)CCC1CCNCC1)c1ccccc1.Cl.Cl. The van der Waals surface area contributed by atoms with E-state index in [-0.39, 0.29) is 30.7 Å². The molecule has 1 amide bonds. The average Bonchev–Trinajstić information content (AvgIpc) is 2.55. The molecule has 1 saturated heterocycles. The Kier molecular flexibility index (Phi) is 12.1. The van der Waals surface area contributed by atoms with Crippen molar-refractivity contribution < 1.29 is 4.79 Å².